The maximum Gasteiger partial charge on any atom is 0.224 e. The van der Waals surface area contributed by atoms with Gasteiger partial charge in [0.25, 0.3) is 0 Å². The van der Waals surface area contributed by atoms with Gasteiger partial charge in [0.2, 0.25) is 5.91 Å². The molecule has 1 amide bonds. The Labute approximate surface area is 105 Å². The van der Waals surface area contributed by atoms with Gasteiger partial charge < -0.3 is 10.3 Å². The zero-order valence-corrected chi connectivity index (χ0v) is 10.00. The molecule has 0 unspecified atom stereocenters. The molecule has 0 saturated heterocycles. The van der Waals surface area contributed by atoms with E-state index in [1.165, 1.54) is 0 Å². The van der Waals surface area contributed by atoms with E-state index >= 15 is 0 Å². The largest absolute Gasteiger partial charge is 0.367 e. The second kappa shape index (κ2) is 5.55. The van der Waals surface area contributed by atoms with Gasteiger partial charge in [-0.2, -0.15) is 0 Å². The van der Waals surface area contributed by atoms with Gasteiger partial charge in [-0.1, -0.05) is 23.7 Å². The van der Waals surface area contributed by atoms with Crippen molar-refractivity contribution in [3.05, 3.63) is 58.9 Å². The van der Waals surface area contributed by atoms with Crippen molar-refractivity contribution in [2.75, 3.05) is 0 Å². The van der Waals surface area contributed by atoms with Crippen LogP contribution in [0.25, 0.3) is 0 Å². The summed E-state index contributed by atoms with van der Waals surface area (Å²) in [4.78, 5) is 14.5. The van der Waals surface area contributed by atoms with Crippen LogP contribution in [0.5, 0.6) is 0 Å². The Balaban J connectivity index is 1.82. The van der Waals surface area contributed by atoms with Crippen molar-refractivity contribution in [3.8, 4) is 0 Å². The van der Waals surface area contributed by atoms with Gasteiger partial charge in [0.1, 0.15) is 0 Å². The van der Waals surface area contributed by atoms with E-state index in [2.05, 4.69) is 10.3 Å². The summed E-state index contributed by atoms with van der Waals surface area (Å²) >= 11 is 5.78. The van der Waals surface area contributed by atoms with E-state index in [0.717, 1.165) is 11.1 Å². The average molecular weight is 249 g/mol. The van der Waals surface area contributed by atoms with Crippen molar-refractivity contribution in [1.82, 2.24) is 10.3 Å². The third kappa shape index (κ3) is 3.64. The first-order valence-corrected chi connectivity index (χ1v) is 5.74. The molecule has 0 spiro atoms. The number of nitrogens with one attached hydrogen (secondary N) is 2. The number of aromatic amines is 1. The summed E-state index contributed by atoms with van der Waals surface area (Å²) in [6.45, 7) is 0.528. The van der Waals surface area contributed by atoms with E-state index in [1.807, 2.05) is 42.7 Å². The Bertz CT molecular complexity index is 477. The standard InChI is InChI=1S/C13H13ClN2O/c14-12-3-1-10(2-4-12)9-16-13(17)7-11-5-6-15-8-11/h1-6,8,15H,7,9H2,(H,16,17). The molecule has 0 aliphatic heterocycles. The first kappa shape index (κ1) is 11.7. The number of aromatic nitrogens is 1. The zero-order valence-electron chi connectivity index (χ0n) is 9.24. The fourth-order valence-corrected chi connectivity index (χ4v) is 1.65. The lowest BCUT2D eigenvalue weighted by Crippen LogP contribution is -2.24. The quantitative estimate of drug-likeness (QED) is 0.858. The van der Waals surface area contributed by atoms with E-state index in [0.29, 0.717) is 18.0 Å². The summed E-state index contributed by atoms with van der Waals surface area (Å²) in [6.07, 6.45) is 4.03. The molecule has 2 N–H and O–H groups in total. The van der Waals surface area contributed by atoms with Crippen LogP contribution in [0.2, 0.25) is 5.02 Å². The Morgan fingerprint density at radius 3 is 2.59 bits per heavy atom. The molecule has 3 nitrogen and oxygen atoms in total. The fraction of sp³-hybridized carbons (Fsp3) is 0.154. The van der Waals surface area contributed by atoms with Gasteiger partial charge in [0, 0.05) is 24.0 Å². The normalized spacial score (nSPS) is 10.2. The molecule has 0 atom stereocenters. The summed E-state index contributed by atoms with van der Waals surface area (Å²) in [5.41, 5.74) is 2.02. The van der Waals surface area contributed by atoms with Crippen molar-refractivity contribution in [3.63, 3.8) is 0 Å². The SMILES string of the molecule is O=C(Cc1cc[nH]c1)NCc1ccc(Cl)cc1. The second-order valence-corrected chi connectivity index (χ2v) is 4.24. The molecule has 1 aromatic heterocycles. The topological polar surface area (TPSA) is 44.9 Å². The van der Waals surface area contributed by atoms with E-state index in [-0.39, 0.29) is 5.91 Å². The van der Waals surface area contributed by atoms with Gasteiger partial charge in [-0.05, 0) is 29.3 Å². The number of benzene rings is 1. The molecule has 0 bridgehead atoms. The minimum Gasteiger partial charge on any atom is -0.367 e. The van der Waals surface area contributed by atoms with Gasteiger partial charge in [0.05, 0.1) is 6.42 Å². The molecule has 0 aliphatic carbocycles. The highest BCUT2D eigenvalue weighted by Crippen LogP contribution is 2.09. The van der Waals surface area contributed by atoms with Gasteiger partial charge in [-0.25, -0.2) is 0 Å². The van der Waals surface area contributed by atoms with Crippen LogP contribution in [0.4, 0.5) is 0 Å². The summed E-state index contributed by atoms with van der Waals surface area (Å²) < 4.78 is 0. The predicted octanol–water partition coefficient (Wildman–Crippen LogP) is 2.53. The number of carbonyl (C=O) groups excluding carboxylic acids is 1. The number of H-pyrrole nitrogens is 1. The van der Waals surface area contributed by atoms with Crippen molar-refractivity contribution in [2.45, 2.75) is 13.0 Å². The minimum absolute atomic E-state index is 0.0135. The maximum atomic E-state index is 11.6. The third-order valence-electron chi connectivity index (χ3n) is 2.43. The van der Waals surface area contributed by atoms with Crippen molar-refractivity contribution in [2.24, 2.45) is 0 Å². The number of hydrogen-bond acceptors (Lipinski definition) is 1. The molecule has 0 aliphatic rings. The summed E-state index contributed by atoms with van der Waals surface area (Å²) in [6, 6.07) is 9.32. The number of amides is 1. The van der Waals surface area contributed by atoms with E-state index in [1.54, 1.807) is 0 Å². The van der Waals surface area contributed by atoms with Crippen molar-refractivity contribution in [1.29, 1.82) is 0 Å². The van der Waals surface area contributed by atoms with Crippen molar-refractivity contribution >= 4 is 17.5 Å². The molecule has 0 saturated carbocycles. The monoisotopic (exact) mass is 248 g/mol. The van der Waals surface area contributed by atoms with E-state index in [4.69, 9.17) is 11.6 Å². The maximum absolute atomic E-state index is 11.6. The highest BCUT2D eigenvalue weighted by Gasteiger charge is 2.03. The Kier molecular flexibility index (Phi) is 3.83. The molecule has 2 rings (SSSR count). The first-order chi connectivity index (χ1) is 8.24. The molecule has 0 fully saturated rings. The molecular formula is C13H13ClN2O. The molecule has 2 aromatic rings. The predicted molar refractivity (Wildman–Crippen MR) is 67.8 cm³/mol. The van der Waals surface area contributed by atoms with Crippen LogP contribution in [0.1, 0.15) is 11.1 Å². The number of hydrogen-bond donors (Lipinski definition) is 2. The van der Waals surface area contributed by atoms with Crippen LogP contribution < -0.4 is 5.32 Å². The van der Waals surface area contributed by atoms with Crippen LogP contribution in [0, 0.1) is 0 Å². The van der Waals surface area contributed by atoms with Crippen LogP contribution in [-0.4, -0.2) is 10.9 Å². The Hall–Kier alpha value is -1.74. The van der Waals surface area contributed by atoms with Gasteiger partial charge in [-0.15, -0.1) is 0 Å². The summed E-state index contributed by atoms with van der Waals surface area (Å²) in [5.74, 6) is 0.0135. The van der Waals surface area contributed by atoms with Crippen LogP contribution in [0.15, 0.2) is 42.7 Å². The van der Waals surface area contributed by atoms with Gasteiger partial charge >= 0.3 is 0 Å². The molecule has 1 heterocycles. The Morgan fingerprint density at radius 1 is 1.18 bits per heavy atom. The molecule has 1 aromatic carbocycles. The van der Waals surface area contributed by atoms with E-state index < -0.39 is 0 Å². The number of halogens is 1. The molecule has 88 valence electrons. The molecule has 4 heteroatoms. The van der Waals surface area contributed by atoms with E-state index in [9.17, 15) is 4.79 Å². The lowest BCUT2D eigenvalue weighted by Gasteiger charge is -2.04. The van der Waals surface area contributed by atoms with Crippen LogP contribution in [-0.2, 0) is 17.8 Å². The average Bonchev–Trinajstić information content (AvgIpc) is 2.81. The lowest BCUT2D eigenvalue weighted by molar-refractivity contribution is -0.120. The highest BCUT2D eigenvalue weighted by molar-refractivity contribution is 6.30. The summed E-state index contributed by atoms with van der Waals surface area (Å²) in [7, 11) is 0. The van der Waals surface area contributed by atoms with Gasteiger partial charge in [-0.3, -0.25) is 4.79 Å². The smallest absolute Gasteiger partial charge is 0.224 e. The summed E-state index contributed by atoms with van der Waals surface area (Å²) in [5, 5.41) is 3.56. The Morgan fingerprint density at radius 2 is 1.94 bits per heavy atom. The third-order valence-corrected chi connectivity index (χ3v) is 2.68. The molecule has 0 radical (unpaired) electrons. The van der Waals surface area contributed by atoms with Gasteiger partial charge in [0.15, 0.2) is 0 Å². The van der Waals surface area contributed by atoms with Crippen molar-refractivity contribution < 1.29 is 4.79 Å². The van der Waals surface area contributed by atoms with Crippen LogP contribution in [0.3, 0.4) is 0 Å². The molecular weight excluding hydrogens is 236 g/mol. The van der Waals surface area contributed by atoms with Crippen LogP contribution >= 0.6 is 11.6 Å². The zero-order chi connectivity index (χ0) is 12.1. The minimum atomic E-state index is 0.0135. The first-order valence-electron chi connectivity index (χ1n) is 5.37. The molecule has 17 heavy (non-hydrogen) atoms. The highest BCUT2D eigenvalue weighted by atomic mass is 35.5. The number of rotatable bonds is 4. The lowest BCUT2D eigenvalue weighted by atomic mass is 10.2. The number of carbonyl (C=O) groups is 1. The second-order valence-electron chi connectivity index (χ2n) is 3.80. The fourth-order valence-electron chi connectivity index (χ4n) is 1.52.